The van der Waals surface area contributed by atoms with Gasteiger partial charge in [-0.15, -0.1) is 0 Å². The van der Waals surface area contributed by atoms with Crippen molar-refractivity contribution >= 4 is 0 Å². The lowest BCUT2D eigenvalue weighted by molar-refractivity contribution is -0.225. The number of hydrogen-bond donors (Lipinski definition) is 1. The van der Waals surface area contributed by atoms with Gasteiger partial charge in [-0.1, -0.05) is 40.1 Å². The lowest BCUT2D eigenvalue weighted by atomic mass is 9.77. The van der Waals surface area contributed by atoms with E-state index in [1.807, 2.05) is 25.2 Å². The second-order valence-corrected chi connectivity index (χ2v) is 9.24. The Balaban J connectivity index is 1.83. The first-order chi connectivity index (χ1) is 14.2. The molecule has 5 nitrogen and oxygen atoms in total. The molecule has 5 heteroatoms. The van der Waals surface area contributed by atoms with Gasteiger partial charge in [0.15, 0.2) is 0 Å². The van der Waals surface area contributed by atoms with Gasteiger partial charge in [0.2, 0.25) is 5.79 Å². The molecular weight excluding hydrogens is 378 g/mol. The Morgan fingerprint density at radius 2 is 2.03 bits per heavy atom. The van der Waals surface area contributed by atoms with Gasteiger partial charge < -0.3 is 14.6 Å². The second-order valence-electron chi connectivity index (χ2n) is 9.24. The van der Waals surface area contributed by atoms with Crippen LogP contribution in [0.1, 0.15) is 60.3 Å². The van der Waals surface area contributed by atoms with Gasteiger partial charge in [0.05, 0.1) is 18.8 Å². The molecule has 0 radical (unpaired) electrons. The Kier molecular flexibility index (Phi) is 7.27. The van der Waals surface area contributed by atoms with Crippen LogP contribution in [0.2, 0.25) is 0 Å². The second kappa shape index (κ2) is 9.54. The highest BCUT2D eigenvalue weighted by Crippen LogP contribution is 2.43. The van der Waals surface area contributed by atoms with Crippen molar-refractivity contribution in [1.82, 2.24) is 0 Å². The van der Waals surface area contributed by atoms with Crippen molar-refractivity contribution in [2.45, 2.75) is 84.3 Å². The fraction of sp³-hybridized carbons (Fsp3) is 0.600. The maximum absolute atomic E-state index is 11.2. The third kappa shape index (κ3) is 5.26. The van der Waals surface area contributed by atoms with Crippen LogP contribution in [0, 0.1) is 10.8 Å². The van der Waals surface area contributed by atoms with E-state index >= 15 is 0 Å². The van der Waals surface area contributed by atoms with Gasteiger partial charge in [-0.2, -0.15) is 4.91 Å². The molecule has 3 aliphatic rings. The number of aliphatic hydroxyl groups excluding tert-OH is 1. The molecule has 0 bridgehead atoms. The normalized spacial score (nSPS) is 33.9. The highest BCUT2D eigenvalue weighted by Gasteiger charge is 2.45. The summed E-state index contributed by atoms with van der Waals surface area (Å²) in [4.78, 5) is 11.2. The Morgan fingerprint density at radius 1 is 1.27 bits per heavy atom. The lowest BCUT2D eigenvalue weighted by Gasteiger charge is -2.46. The molecule has 1 aliphatic carbocycles. The van der Waals surface area contributed by atoms with Crippen molar-refractivity contribution < 1.29 is 14.6 Å². The van der Waals surface area contributed by atoms with E-state index in [1.165, 1.54) is 16.7 Å². The summed E-state index contributed by atoms with van der Waals surface area (Å²) >= 11 is 0. The van der Waals surface area contributed by atoms with Crippen LogP contribution in [-0.4, -0.2) is 35.8 Å². The highest BCUT2D eigenvalue weighted by atomic mass is 16.7. The zero-order valence-electron chi connectivity index (χ0n) is 18.9. The Morgan fingerprint density at radius 3 is 2.70 bits per heavy atom. The van der Waals surface area contributed by atoms with Crippen LogP contribution in [0.3, 0.4) is 0 Å². The van der Waals surface area contributed by atoms with Crippen LogP contribution in [-0.2, 0) is 9.47 Å². The zero-order chi connectivity index (χ0) is 21.9. The molecule has 0 fully saturated rings. The molecule has 5 atom stereocenters. The average Bonchev–Trinajstić information content (AvgIpc) is 2.65. The monoisotopic (exact) mass is 413 g/mol. The number of rotatable bonds is 6. The van der Waals surface area contributed by atoms with E-state index in [4.69, 9.17) is 9.47 Å². The standard InChI is InChI=1S/C25H35NO4/c1-16(2)7-6-8-17(3)9-21-10-18(4)13-25(29-21)14-20(15-27)22-12-23(26-28)19(5)11-24(22)30-25/h7,9,11,13-14,21-24,27H,6,8,10,12,15H2,1-5H3/t21-,22-,23?,24-,25+/m1/s1. The van der Waals surface area contributed by atoms with Gasteiger partial charge in [-0.05, 0) is 83.6 Å². The van der Waals surface area contributed by atoms with Crippen molar-refractivity contribution in [1.29, 1.82) is 0 Å². The molecule has 30 heavy (non-hydrogen) atoms. The summed E-state index contributed by atoms with van der Waals surface area (Å²) in [5.41, 5.74) is 5.62. The number of ether oxygens (including phenoxy) is 2. The van der Waals surface area contributed by atoms with Crippen molar-refractivity contribution in [3.05, 3.63) is 63.2 Å². The van der Waals surface area contributed by atoms with Gasteiger partial charge in [-0.3, -0.25) is 0 Å². The fourth-order valence-corrected chi connectivity index (χ4v) is 4.68. The van der Waals surface area contributed by atoms with Crippen LogP contribution >= 0.6 is 0 Å². The number of nitrogens with zero attached hydrogens (tertiary/aromatic N) is 1. The Hall–Kier alpha value is -1.82. The maximum atomic E-state index is 11.2. The number of allylic oxidation sites excluding steroid dienone is 3. The molecule has 1 N–H and O–H groups in total. The Labute approximate surface area is 180 Å². The van der Waals surface area contributed by atoms with Crippen molar-refractivity contribution in [2.24, 2.45) is 11.1 Å². The minimum atomic E-state index is -0.985. The predicted octanol–water partition coefficient (Wildman–Crippen LogP) is 5.53. The van der Waals surface area contributed by atoms with Gasteiger partial charge in [0.25, 0.3) is 0 Å². The summed E-state index contributed by atoms with van der Waals surface area (Å²) in [7, 11) is 0. The molecule has 0 aromatic rings. The van der Waals surface area contributed by atoms with Gasteiger partial charge in [-0.25, -0.2) is 0 Å². The van der Waals surface area contributed by atoms with Crippen molar-refractivity contribution in [3.8, 4) is 0 Å². The quantitative estimate of drug-likeness (QED) is 0.459. The summed E-state index contributed by atoms with van der Waals surface area (Å²) < 4.78 is 12.9. The minimum absolute atomic E-state index is 0.0499. The van der Waals surface area contributed by atoms with Crippen LogP contribution in [0.5, 0.6) is 0 Å². The van der Waals surface area contributed by atoms with E-state index < -0.39 is 5.79 Å². The minimum Gasteiger partial charge on any atom is -0.392 e. The van der Waals surface area contributed by atoms with Gasteiger partial charge in [0.1, 0.15) is 6.04 Å². The maximum Gasteiger partial charge on any atom is 0.209 e. The molecular formula is C25H35NO4. The molecule has 0 amide bonds. The molecule has 0 saturated carbocycles. The van der Waals surface area contributed by atoms with Crippen LogP contribution in [0.4, 0.5) is 0 Å². The molecule has 3 rings (SSSR count). The first-order valence-corrected chi connectivity index (χ1v) is 10.9. The highest BCUT2D eigenvalue weighted by molar-refractivity contribution is 5.32. The molecule has 1 spiro atoms. The summed E-state index contributed by atoms with van der Waals surface area (Å²) in [6, 6.07) is -0.359. The first-order valence-electron chi connectivity index (χ1n) is 10.9. The number of hydrogen-bond acceptors (Lipinski definition) is 5. The SMILES string of the molecule is CC(C)=CCCC(C)=C[C@@H]1CC(C)=C[C@]2(C=C(CO)[C@H]3CC(N=O)C(C)=C[C@H]3O2)O1. The van der Waals surface area contributed by atoms with E-state index in [1.54, 1.807) is 0 Å². The molecule has 0 aromatic heterocycles. The first kappa shape index (κ1) is 22.9. The summed E-state index contributed by atoms with van der Waals surface area (Å²) in [6.07, 6.45) is 13.5. The molecule has 0 saturated heterocycles. The van der Waals surface area contributed by atoms with Crippen molar-refractivity contribution in [3.63, 3.8) is 0 Å². The summed E-state index contributed by atoms with van der Waals surface area (Å²) in [6.45, 7) is 10.3. The lowest BCUT2D eigenvalue weighted by Crippen LogP contribution is -2.49. The summed E-state index contributed by atoms with van der Waals surface area (Å²) in [5, 5.41) is 13.3. The molecule has 2 heterocycles. The van der Waals surface area contributed by atoms with E-state index in [-0.39, 0.29) is 30.8 Å². The third-order valence-electron chi connectivity index (χ3n) is 6.19. The Bertz CT molecular complexity index is 815. The van der Waals surface area contributed by atoms with Crippen LogP contribution in [0.25, 0.3) is 0 Å². The largest absolute Gasteiger partial charge is 0.392 e. The smallest absolute Gasteiger partial charge is 0.209 e. The zero-order valence-corrected chi connectivity index (χ0v) is 18.9. The number of aliphatic hydroxyl groups is 1. The predicted molar refractivity (Wildman–Crippen MR) is 120 cm³/mol. The molecule has 2 aliphatic heterocycles. The van der Waals surface area contributed by atoms with Gasteiger partial charge >= 0.3 is 0 Å². The van der Waals surface area contributed by atoms with E-state index in [9.17, 15) is 10.0 Å². The topological polar surface area (TPSA) is 68.1 Å². The molecule has 1 unspecified atom stereocenters. The third-order valence-corrected chi connectivity index (χ3v) is 6.19. The molecule has 164 valence electrons. The van der Waals surface area contributed by atoms with Crippen LogP contribution in [0.15, 0.2) is 63.4 Å². The fourth-order valence-electron chi connectivity index (χ4n) is 4.68. The summed E-state index contributed by atoms with van der Waals surface area (Å²) in [5.74, 6) is -1.03. The van der Waals surface area contributed by atoms with E-state index in [2.05, 4.69) is 45.0 Å². The van der Waals surface area contributed by atoms with Crippen LogP contribution < -0.4 is 0 Å². The van der Waals surface area contributed by atoms with E-state index in [0.29, 0.717) is 6.42 Å². The van der Waals surface area contributed by atoms with Gasteiger partial charge in [0, 0.05) is 5.92 Å². The number of fused-ring (bicyclic) bond motifs is 1. The average molecular weight is 414 g/mol. The molecule has 0 aromatic carbocycles. The van der Waals surface area contributed by atoms with Crippen molar-refractivity contribution in [2.75, 3.05) is 6.61 Å². The number of nitroso groups, excluding NO2 is 1. The van der Waals surface area contributed by atoms with E-state index in [0.717, 1.165) is 30.4 Å².